The van der Waals surface area contributed by atoms with Crippen molar-refractivity contribution in [3.63, 3.8) is 0 Å². The molecule has 0 spiro atoms. The van der Waals surface area contributed by atoms with E-state index in [1.807, 2.05) is 4.57 Å². The van der Waals surface area contributed by atoms with E-state index in [-0.39, 0.29) is 5.92 Å². The molecular formula is C10H11N5O2. The third-order valence-electron chi connectivity index (χ3n) is 3.05. The predicted octanol–water partition coefficient (Wildman–Crippen LogP) is 0.315. The smallest absolute Gasteiger partial charge is 0.308 e. The summed E-state index contributed by atoms with van der Waals surface area (Å²) in [6.07, 6.45) is 4.66. The van der Waals surface area contributed by atoms with Gasteiger partial charge < -0.3 is 9.67 Å². The number of aromatic nitrogens is 5. The van der Waals surface area contributed by atoms with Crippen molar-refractivity contribution in [1.82, 2.24) is 25.0 Å². The lowest BCUT2D eigenvalue weighted by atomic mass is 9.99. The summed E-state index contributed by atoms with van der Waals surface area (Å²) >= 11 is 0. The van der Waals surface area contributed by atoms with Gasteiger partial charge in [0.2, 0.25) is 0 Å². The van der Waals surface area contributed by atoms with Gasteiger partial charge in [-0.05, 0) is 6.42 Å². The fourth-order valence-corrected chi connectivity index (χ4v) is 2.12. The van der Waals surface area contributed by atoms with Gasteiger partial charge in [0.05, 0.1) is 17.7 Å². The van der Waals surface area contributed by atoms with E-state index in [4.69, 9.17) is 5.11 Å². The van der Waals surface area contributed by atoms with E-state index >= 15 is 0 Å². The molecule has 0 radical (unpaired) electrons. The number of rotatable bonds is 2. The number of hydrogen-bond donors (Lipinski definition) is 2. The van der Waals surface area contributed by atoms with Crippen LogP contribution in [0.2, 0.25) is 0 Å². The number of carboxylic acids is 1. The molecule has 0 saturated heterocycles. The Morgan fingerprint density at radius 1 is 1.53 bits per heavy atom. The van der Waals surface area contributed by atoms with Crippen LogP contribution < -0.4 is 0 Å². The molecule has 7 nitrogen and oxygen atoms in total. The first-order valence-corrected chi connectivity index (χ1v) is 5.39. The van der Waals surface area contributed by atoms with Crippen molar-refractivity contribution in [2.75, 3.05) is 0 Å². The van der Waals surface area contributed by atoms with E-state index in [2.05, 4.69) is 20.4 Å². The van der Waals surface area contributed by atoms with Crippen molar-refractivity contribution in [1.29, 1.82) is 0 Å². The van der Waals surface area contributed by atoms with Gasteiger partial charge in [-0.2, -0.15) is 5.10 Å². The minimum absolute atomic E-state index is 0.357. The molecule has 2 aromatic heterocycles. The van der Waals surface area contributed by atoms with Crippen LogP contribution in [0, 0.1) is 5.92 Å². The molecule has 0 aliphatic carbocycles. The van der Waals surface area contributed by atoms with Gasteiger partial charge in [0.25, 0.3) is 0 Å². The van der Waals surface area contributed by atoms with Gasteiger partial charge in [0.15, 0.2) is 5.82 Å². The number of nitrogens with one attached hydrogen (secondary N) is 1. The molecule has 0 saturated carbocycles. The van der Waals surface area contributed by atoms with Gasteiger partial charge in [0.1, 0.15) is 5.82 Å². The lowest BCUT2D eigenvalue weighted by Crippen LogP contribution is -2.27. The van der Waals surface area contributed by atoms with Crippen LogP contribution in [0.5, 0.6) is 0 Å². The molecule has 0 bridgehead atoms. The van der Waals surface area contributed by atoms with Crippen LogP contribution in [0.4, 0.5) is 0 Å². The van der Waals surface area contributed by atoms with Gasteiger partial charge in [-0.3, -0.25) is 9.89 Å². The molecule has 3 heterocycles. The molecule has 3 rings (SSSR count). The summed E-state index contributed by atoms with van der Waals surface area (Å²) in [6, 6.07) is 0. The summed E-state index contributed by atoms with van der Waals surface area (Å²) in [6.45, 7) is 0.429. The van der Waals surface area contributed by atoms with E-state index in [1.54, 1.807) is 12.4 Å². The maximum atomic E-state index is 11.0. The van der Waals surface area contributed by atoms with E-state index in [0.29, 0.717) is 25.2 Å². The van der Waals surface area contributed by atoms with E-state index < -0.39 is 5.97 Å². The summed E-state index contributed by atoms with van der Waals surface area (Å²) in [4.78, 5) is 11.0. The monoisotopic (exact) mass is 233 g/mol. The fourth-order valence-electron chi connectivity index (χ4n) is 2.12. The Balaban J connectivity index is 2.00. The van der Waals surface area contributed by atoms with Crippen LogP contribution in [0.15, 0.2) is 12.4 Å². The van der Waals surface area contributed by atoms with Gasteiger partial charge in [0, 0.05) is 19.2 Å². The number of H-pyrrole nitrogens is 1. The molecule has 1 atom stereocenters. The number of aromatic amines is 1. The quantitative estimate of drug-likeness (QED) is 0.778. The van der Waals surface area contributed by atoms with E-state index in [9.17, 15) is 4.79 Å². The largest absolute Gasteiger partial charge is 0.481 e. The molecule has 17 heavy (non-hydrogen) atoms. The zero-order valence-corrected chi connectivity index (χ0v) is 9.00. The summed E-state index contributed by atoms with van der Waals surface area (Å²) in [5.41, 5.74) is 0.829. The number of fused-ring (bicyclic) bond motifs is 1. The van der Waals surface area contributed by atoms with E-state index in [0.717, 1.165) is 11.4 Å². The van der Waals surface area contributed by atoms with Crippen LogP contribution >= 0.6 is 0 Å². The van der Waals surface area contributed by atoms with Crippen LogP contribution in [0.25, 0.3) is 11.4 Å². The average Bonchev–Trinajstić information content (AvgIpc) is 2.96. The summed E-state index contributed by atoms with van der Waals surface area (Å²) in [5, 5.41) is 23.8. The number of hydrogen-bond acceptors (Lipinski definition) is 4. The topological polar surface area (TPSA) is 96.7 Å². The molecule has 88 valence electrons. The number of aryl methyl sites for hydroxylation is 1. The Morgan fingerprint density at radius 3 is 3.12 bits per heavy atom. The standard InChI is InChI=1S/C10H11N5O2/c16-10(17)6-1-2-8-13-14-9(15(8)5-6)7-3-11-12-4-7/h3-4,6H,1-2,5H2,(H,11,12)(H,16,17). The molecule has 0 fully saturated rings. The SMILES string of the molecule is O=C(O)C1CCc2nnc(-c3cn[nH]c3)n2C1. The first-order valence-electron chi connectivity index (χ1n) is 5.39. The second kappa shape index (κ2) is 3.69. The van der Waals surface area contributed by atoms with Crippen molar-refractivity contribution >= 4 is 5.97 Å². The number of carboxylic acid groups (broad SMARTS) is 1. The van der Waals surface area contributed by atoms with E-state index in [1.165, 1.54) is 0 Å². The Morgan fingerprint density at radius 2 is 2.41 bits per heavy atom. The normalized spacial score (nSPS) is 18.9. The molecule has 1 unspecified atom stereocenters. The van der Waals surface area contributed by atoms with Gasteiger partial charge in [-0.1, -0.05) is 0 Å². The molecule has 2 N–H and O–H groups in total. The average molecular weight is 233 g/mol. The van der Waals surface area contributed by atoms with Crippen LogP contribution in [0.1, 0.15) is 12.2 Å². The van der Waals surface area contributed by atoms with Crippen LogP contribution in [0.3, 0.4) is 0 Å². The molecule has 1 aliphatic heterocycles. The first kappa shape index (κ1) is 10.0. The van der Waals surface area contributed by atoms with Gasteiger partial charge >= 0.3 is 5.97 Å². The van der Waals surface area contributed by atoms with Crippen LogP contribution in [-0.2, 0) is 17.8 Å². The second-order valence-electron chi connectivity index (χ2n) is 4.11. The molecular weight excluding hydrogens is 222 g/mol. The molecule has 1 aliphatic rings. The van der Waals surface area contributed by atoms with Crippen molar-refractivity contribution in [2.45, 2.75) is 19.4 Å². The zero-order chi connectivity index (χ0) is 11.8. The zero-order valence-electron chi connectivity index (χ0n) is 9.00. The highest BCUT2D eigenvalue weighted by Crippen LogP contribution is 2.24. The number of carbonyl (C=O) groups is 1. The molecule has 7 heteroatoms. The third kappa shape index (κ3) is 1.59. The van der Waals surface area contributed by atoms with Crippen molar-refractivity contribution in [3.05, 3.63) is 18.2 Å². The highest BCUT2D eigenvalue weighted by atomic mass is 16.4. The first-order chi connectivity index (χ1) is 8.25. The maximum absolute atomic E-state index is 11.0. The third-order valence-corrected chi connectivity index (χ3v) is 3.05. The highest BCUT2D eigenvalue weighted by molar-refractivity contribution is 5.70. The predicted molar refractivity (Wildman–Crippen MR) is 57.1 cm³/mol. The fraction of sp³-hybridized carbons (Fsp3) is 0.400. The Labute approximate surface area is 96.5 Å². The maximum Gasteiger partial charge on any atom is 0.308 e. The van der Waals surface area contributed by atoms with Crippen LogP contribution in [-0.4, -0.2) is 36.0 Å². The van der Waals surface area contributed by atoms with Gasteiger partial charge in [-0.25, -0.2) is 0 Å². The number of nitrogens with zero attached hydrogens (tertiary/aromatic N) is 4. The highest BCUT2D eigenvalue weighted by Gasteiger charge is 2.27. The Kier molecular flexibility index (Phi) is 2.17. The van der Waals surface area contributed by atoms with Crippen molar-refractivity contribution < 1.29 is 9.90 Å². The summed E-state index contributed by atoms with van der Waals surface area (Å²) in [5.74, 6) is 0.407. The molecule has 0 amide bonds. The minimum Gasteiger partial charge on any atom is -0.481 e. The lowest BCUT2D eigenvalue weighted by Gasteiger charge is -2.20. The van der Waals surface area contributed by atoms with Crippen molar-refractivity contribution in [2.24, 2.45) is 5.92 Å². The van der Waals surface area contributed by atoms with Crippen molar-refractivity contribution in [3.8, 4) is 11.4 Å². The summed E-state index contributed by atoms with van der Waals surface area (Å²) < 4.78 is 1.87. The lowest BCUT2D eigenvalue weighted by molar-refractivity contribution is -0.142. The molecule has 2 aromatic rings. The number of aliphatic carboxylic acids is 1. The summed E-state index contributed by atoms with van der Waals surface area (Å²) in [7, 11) is 0. The molecule has 0 aromatic carbocycles. The Hall–Kier alpha value is -2.18. The minimum atomic E-state index is -0.762. The second-order valence-corrected chi connectivity index (χ2v) is 4.11. The Bertz CT molecular complexity index is 545. The van der Waals surface area contributed by atoms with Gasteiger partial charge in [-0.15, -0.1) is 10.2 Å².